The van der Waals surface area contributed by atoms with E-state index in [1.54, 1.807) is 0 Å². The molecular formula is C24F8N4S. The van der Waals surface area contributed by atoms with Crippen LogP contribution in [0.3, 0.4) is 0 Å². The Labute approximate surface area is 204 Å². The van der Waals surface area contributed by atoms with Crippen molar-refractivity contribution in [3.8, 4) is 46.5 Å². The predicted octanol–water partition coefficient (Wildman–Crippen LogP) is 6.52. The number of halogens is 8. The first-order valence-electron chi connectivity index (χ1n) is 9.56. The van der Waals surface area contributed by atoms with Crippen LogP contribution in [0, 0.1) is 91.9 Å². The van der Waals surface area contributed by atoms with Crippen molar-refractivity contribution in [3.63, 3.8) is 0 Å². The molecule has 2 aliphatic carbocycles. The van der Waals surface area contributed by atoms with Crippen molar-refractivity contribution >= 4 is 22.5 Å². The van der Waals surface area contributed by atoms with Crippen molar-refractivity contribution in [3.05, 3.63) is 78.6 Å². The van der Waals surface area contributed by atoms with Crippen molar-refractivity contribution in [2.45, 2.75) is 0 Å². The van der Waals surface area contributed by atoms with E-state index in [9.17, 15) is 47.4 Å². The maximum Gasteiger partial charge on any atom is 0.198 e. The van der Waals surface area contributed by atoms with Crippen LogP contribution in [0.2, 0.25) is 0 Å². The van der Waals surface area contributed by atoms with E-state index in [1.807, 2.05) is 0 Å². The van der Waals surface area contributed by atoms with Gasteiger partial charge in [-0.1, -0.05) is 0 Å². The standard InChI is InChI=1S/C24F8N4S/c25-15-9-7(5(1-33)2-34)23-13(11(9)17(27)21(31)19(15)29)14-12-10(16(26)20(30)22(32)18(12)28)8(24(14)37-23)6(3-35)4-36. The summed E-state index contributed by atoms with van der Waals surface area (Å²) in [6.45, 7) is 0. The molecule has 0 unspecified atom stereocenters. The highest BCUT2D eigenvalue weighted by Gasteiger charge is 2.46. The molecule has 37 heavy (non-hydrogen) atoms. The number of allylic oxidation sites excluding steroid dienone is 2. The minimum absolute atomic E-state index is 0.340. The number of benzene rings is 2. The lowest BCUT2D eigenvalue weighted by atomic mass is 9.96. The van der Waals surface area contributed by atoms with Crippen LogP contribution in [0.4, 0.5) is 35.1 Å². The fraction of sp³-hybridized carbons (Fsp3) is 0. The zero-order valence-electron chi connectivity index (χ0n) is 17.2. The summed E-state index contributed by atoms with van der Waals surface area (Å²) in [6.07, 6.45) is 0. The van der Waals surface area contributed by atoms with E-state index in [0.29, 0.717) is 11.3 Å². The minimum atomic E-state index is -2.32. The van der Waals surface area contributed by atoms with E-state index in [1.165, 1.54) is 24.3 Å². The Balaban J connectivity index is 2.13. The van der Waals surface area contributed by atoms with Gasteiger partial charge in [0, 0.05) is 54.3 Å². The smallest absolute Gasteiger partial charge is 0.198 e. The Morgan fingerprint density at radius 1 is 0.405 bits per heavy atom. The van der Waals surface area contributed by atoms with Crippen molar-refractivity contribution < 1.29 is 35.1 Å². The Hall–Kier alpha value is -4.98. The molecule has 0 amide bonds. The predicted molar refractivity (Wildman–Crippen MR) is 109 cm³/mol. The molecule has 13 heteroatoms. The molecule has 1 aromatic heterocycles. The average molecular weight is 528 g/mol. The summed E-state index contributed by atoms with van der Waals surface area (Å²) in [7, 11) is 0. The fourth-order valence-electron chi connectivity index (χ4n) is 4.44. The number of hydrogen-bond donors (Lipinski definition) is 0. The maximum absolute atomic E-state index is 15.1. The average Bonchev–Trinajstić information content (AvgIpc) is 3.52. The first kappa shape index (κ1) is 23.7. The minimum Gasteiger partial charge on any atom is -0.203 e. The summed E-state index contributed by atoms with van der Waals surface area (Å²) in [5.74, 6) is -17.3. The molecule has 4 nitrogen and oxygen atoms in total. The number of rotatable bonds is 0. The van der Waals surface area contributed by atoms with Gasteiger partial charge < -0.3 is 0 Å². The zero-order chi connectivity index (χ0) is 27.1. The van der Waals surface area contributed by atoms with E-state index in [4.69, 9.17) is 0 Å². The Bertz CT molecular complexity index is 1740. The van der Waals surface area contributed by atoms with Gasteiger partial charge in [-0.05, 0) is 0 Å². The second kappa shape index (κ2) is 7.76. The lowest BCUT2D eigenvalue weighted by molar-refractivity contribution is 0.409. The normalized spacial score (nSPS) is 12.1. The molecule has 178 valence electrons. The molecule has 0 radical (unpaired) electrons. The summed E-state index contributed by atoms with van der Waals surface area (Å²) >= 11 is 0.340. The van der Waals surface area contributed by atoms with E-state index >= 15 is 8.78 Å². The second-order valence-corrected chi connectivity index (χ2v) is 8.49. The molecule has 0 N–H and O–H groups in total. The van der Waals surface area contributed by atoms with Crippen molar-refractivity contribution in [2.75, 3.05) is 0 Å². The molecule has 0 atom stereocenters. The number of nitrogens with zero attached hydrogens (tertiary/aromatic N) is 4. The third kappa shape index (κ3) is 2.66. The van der Waals surface area contributed by atoms with Crippen LogP contribution >= 0.6 is 11.3 Å². The molecule has 0 saturated heterocycles. The second-order valence-electron chi connectivity index (χ2n) is 7.47. The summed E-state index contributed by atoms with van der Waals surface area (Å²) in [4.78, 5) is -0.882. The first-order valence-corrected chi connectivity index (χ1v) is 10.4. The molecule has 0 aliphatic heterocycles. The van der Waals surface area contributed by atoms with E-state index < -0.39 is 112 Å². The van der Waals surface area contributed by atoms with Gasteiger partial charge >= 0.3 is 0 Å². The summed E-state index contributed by atoms with van der Waals surface area (Å²) in [5, 5.41) is 37.5. The van der Waals surface area contributed by atoms with E-state index in [-0.39, 0.29) is 0 Å². The zero-order valence-corrected chi connectivity index (χ0v) is 18.0. The Morgan fingerprint density at radius 3 is 0.946 bits per heavy atom. The highest BCUT2D eigenvalue weighted by molar-refractivity contribution is 7.16. The lowest BCUT2D eigenvalue weighted by Crippen LogP contribution is -2.04. The van der Waals surface area contributed by atoms with Crippen molar-refractivity contribution in [2.24, 2.45) is 0 Å². The van der Waals surface area contributed by atoms with E-state index in [2.05, 4.69) is 0 Å². The number of nitriles is 4. The van der Waals surface area contributed by atoms with Gasteiger partial charge in [-0.15, -0.1) is 11.3 Å². The van der Waals surface area contributed by atoms with Gasteiger partial charge in [-0.25, -0.2) is 35.1 Å². The Morgan fingerprint density at radius 2 is 0.676 bits per heavy atom. The molecule has 0 saturated carbocycles. The van der Waals surface area contributed by atoms with Crippen LogP contribution in [0.15, 0.2) is 11.1 Å². The molecule has 5 rings (SSSR count). The van der Waals surface area contributed by atoms with Gasteiger partial charge in [0.15, 0.2) is 46.5 Å². The SMILES string of the molecule is N#CC(C#N)=C1c2sc3c(c2-c2c(F)c(F)c(F)c(F)c21)-c1c(F)c(F)c(F)c(F)c1C3=C(C#N)C#N. The number of fused-ring (bicyclic) bond motifs is 7. The van der Waals surface area contributed by atoms with Crippen LogP contribution in [0.1, 0.15) is 20.9 Å². The lowest BCUT2D eigenvalue weighted by Gasteiger charge is -2.10. The van der Waals surface area contributed by atoms with Gasteiger partial charge in [0.1, 0.15) is 35.4 Å². The number of thiophene rings is 1. The molecule has 3 aromatic rings. The van der Waals surface area contributed by atoms with Crippen LogP contribution in [-0.2, 0) is 0 Å². The molecule has 2 aromatic carbocycles. The third-order valence-electron chi connectivity index (χ3n) is 5.84. The van der Waals surface area contributed by atoms with Crippen molar-refractivity contribution in [1.82, 2.24) is 0 Å². The fourth-order valence-corrected chi connectivity index (χ4v) is 5.87. The van der Waals surface area contributed by atoms with Crippen LogP contribution in [0.25, 0.3) is 33.4 Å². The highest BCUT2D eigenvalue weighted by atomic mass is 32.1. The topological polar surface area (TPSA) is 95.2 Å². The maximum atomic E-state index is 15.1. The molecule has 2 aliphatic rings. The molecule has 0 fully saturated rings. The largest absolute Gasteiger partial charge is 0.203 e. The van der Waals surface area contributed by atoms with Gasteiger partial charge in [0.25, 0.3) is 0 Å². The van der Waals surface area contributed by atoms with Crippen LogP contribution in [-0.4, -0.2) is 0 Å². The van der Waals surface area contributed by atoms with Crippen LogP contribution in [0.5, 0.6) is 0 Å². The van der Waals surface area contributed by atoms with Gasteiger partial charge in [-0.2, -0.15) is 21.0 Å². The summed E-state index contributed by atoms with van der Waals surface area (Å²) < 4.78 is 117. The van der Waals surface area contributed by atoms with Crippen molar-refractivity contribution in [1.29, 1.82) is 21.0 Å². The monoisotopic (exact) mass is 528 g/mol. The van der Waals surface area contributed by atoms with Crippen LogP contribution < -0.4 is 0 Å². The van der Waals surface area contributed by atoms with E-state index in [0.717, 1.165) is 0 Å². The molecular weight excluding hydrogens is 528 g/mol. The summed E-state index contributed by atoms with van der Waals surface area (Å²) in [6, 6.07) is 5.57. The highest BCUT2D eigenvalue weighted by Crippen LogP contribution is 2.63. The third-order valence-corrected chi connectivity index (χ3v) is 7.07. The van der Waals surface area contributed by atoms with Gasteiger partial charge in [0.05, 0.1) is 0 Å². The first-order chi connectivity index (χ1) is 17.6. The van der Waals surface area contributed by atoms with Gasteiger partial charge in [-0.3, -0.25) is 0 Å². The molecule has 0 spiro atoms. The summed E-state index contributed by atoms with van der Waals surface area (Å²) in [5.41, 5.74) is -9.04. The Kier molecular flexibility index (Phi) is 4.98. The van der Waals surface area contributed by atoms with Gasteiger partial charge in [0.2, 0.25) is 0 Å². The molecule has 0 bridgehead atoms. The number of hydrogen-bond acceptors (Lipinski definition) is 5. The quantitative estimate of drug-likeness (QED) is 0.0990. The molecule has 1 heterocycles.